The van der Waals surface area contributed by atoms with E-state index in [4.69, 9.17) is 5.11 Å². The molecule has 0 aliphatic heterocycles. The molecule has 2 atom stereocenters. The number of hydrogen-bond donors (Lipinski definition) is 2. The van der Waals surface area contributed by atoms with Gasteiger partial charge in [-0.2, -0.15) is 0 Å². The molecule has 1 aromatic carbocycles. The summed E-state index contributed by atoms with van der Waals surface area (Å²) in [6, 6.07) is 4.92. The second-order valence-corrected chi connectivity index (χ2v) is 5.56. The number of amides is 1. The predicted molar refractivity (Wildman–Crippen MR) is 76.1 cm³/mol. The van der Waals surface area contributed by atoms with Crippen LogP contribution in [0.2, 0.25) is 0 Å². The Labute approximate surface area is 121 Å². The van der Waals surface area contributed by atoms with E-state index in [-0.39, 0.29) is 23.4 Å². The number of thioether (sulfide) groups is 1. The lowest BCUT2D eigenvalue weighted by Crippen LogP contribution is -2.45. The number of carbonyl (C=O) groups excluding carboxylic acids is 1. The number of halogens is 1. The lowest BCUT2D eigenvalue weighted by Gasteiger charge is -2.19. The number of carboxylic acid groups (broad SMARTS) is 1. The third-order valence-corrected chi connectivity index (χ3v) is 3.99. The molecule has 0 heterocycles. The zero-order chi connectivity index (χ0) is 15.1. The zero-order valence-electron chi connectivity index (χ0n) is 11.4. The monoisotopic (exact) mass is 299 g/mol. The third-order valence-electron chi connectivity index (χ3n) is 2.98. The van der Waals surface area contributed by atoms with Crippen LogP contribution in [-0.4, -0.2) is 28.8 Å². The molecule has 0 aliphatic rings. The van der Waals surface area contributed by atoms with Crippen LogP contribution in [0.3, 0.4) is 0 Å². The van der Waals surface area contributed by atoms with Gasteiger partial charge in [0.05, 0.1) is 5.75 Å². The molecule has 110 valence electrons. The van der Waals surface area contributed by atoms with E-state index in [1.54, 1.807) is 19.1 Å². The lowest BCUT2D eigenvalue weighted by molar-refractivity contribution is -0.143. The summed E-state index contributed by atoms with van der Waals surface area (Å²) < 4.78 is 12.7. The fourth-order valence-corrected chi connectivity index (χ4v) is 2.29. The number of carboxylic acids is 1. The van der Waals surface area contributed by atoms with E-state index >= 15 is 0 Å². The van der Waals surface area contributed by atoms with Crippen molar-refractivity contribution in [2.75, 3.05) is 5.75 Å². The summed E-state index contributed by atoms with van der Waals surface area (Å²) in [4.78, 5) is 23.6. The maximum Gasteiger partial charge on any atom is 0.326 e. The van der Waals surface area contributed by atoms with Gasteiger partial charge < -0.3 is 10.4 Å². The Morgan fingerprint density at radius 2 is 1.95 bits per heavy atom. The average molecular weight is 299 g/mol. The van der Waals surface area contributed by atoms with Crippen molar-refractivity contribution in [1.29, 1.82) is 0 Å². The molecule has 0 unspecified atom stereocenters. The fraction of sp³-hybridized carbons (Fsp3) is 0.429. The summed E-state index contributed by atoms with van der Waals surface area (Å²) in [5.41, 5.74) is 0. The number of benzene rings is 1. The van der Waals surface area contributed by atoms with Gasteiger partial charge in [-0.1, -0.05) is 20.3 Å². The summed E-state index contributed by atoms with van der Waals surface area (Å²) in [5.74, 6) is -1.73. The predicted octanol–water partition coefficient (Wildman–Crippen LogP) is 2.53. The van der Waals surface area contributed by atoms with Gasteiger partial charge in [-0.05, 0) is 30.2 Å². The summed E-state index contributed by atoms with van der Waals surface area (Å²) in [6.45, 7) is 3.66. The maximum atomic E-state index is 12.7. The molecule has 0 radical (unpaired) electrons. The minimum atomic E-state index is -1.03. The largest absolute Gasteiger partial charge is 0.480 e. The number of aliphatic carboxylic acids is 1. The van der Waals surface area contributed by atoms with Crippen LogP contribution < -0.4 is 5.32 Å². The fourth-order valence-electron chi connectivity index (χ4n) is 1.58. The van der Waals surface area contributed by atoms with Crippen molar-refractivity contribution in [3.63, 3.8) is 0 Å². The highest BCUT2D eigenvalue weighted by atomic mass is 32.2. The van der Waals surface area contributed by atoms with Crippen LogP contribution in [0.5, 0.6) is 0 Å². The quantitative estimate of drug-likeness (QED) is 0.759. The van der Waals surface area contributed by atoms with Gasteiger partial charge in [-0.25, -0.2) is 9.18 Å². The van der Waals surface area contributed by atoms with Gasteiger partial charge in [0.15, 0.2) is 0 Å². The molecule has 0 aromatic heterocycles. The summed E-state index contributed by atoms with van der Waals surface area (Å²) in [7, 11) is 0. The number of rotatable bonds is 7. The molecule has 20 heavy (non-hydrogen) atoms. The van der Waals surface area contributed by atoms with Crippen molar-refractivity contribution in [2.24, 2.45) is 5.92 Å². The van der Waals surface area contributed by atoms with Crippen molar-refractivity contribution in [2.45, 2.75) is 31.2 Å². The second-order valence-electron chi connectivity index (χ2n) is 4.51. The maximum absolute atomic E-state index is 12.7. The van der Waals surface area contributed by atoms with Gasteiger partial charge in [0.25, 0.3) is 0 Å². The van der Waals surface area contributed by atoms with Crippen LogP contribution in [0.4, 0.5) is 4.39 Å². The Balaban J connectivity index is 2.49. The summed E-state index contributed by atoms with van der Waals surface area (Å²) in [5, 5.41) is 11.6. The van der Waals surface area contributed by atoms with Crippen molar-refractivity contribution in [1.82, 2.24) is 5.32 Å². The molecule has 0 bridgehead atoms. The molecule has 2 N–H and O–H groups in total. The van der Waals surface area contributed by atoms with Crippen LogP contribution in [0.1, 0.15) is 20.3 Å². The Kier molecular flexibility index (Phi) is 6.51. The van der Waals surface area contributed by atoms with Gasteiger partial charge in [0.2, 0.25) is 5.91 Å². The molecule has 4 nitrogen and oxygen atoms in total. The van der Waals surface area contributed by atoms with E-state index in [0.717, 1.165) is 4.90 Å². The smallest absolute Gasteiger partial charge is 0.326 e. The van der Waals surface area contributed by atoms with Crippen molar-refractivity contribution in [3.8, 4) is 0 Å². The van der Waals surface area contributed by atoms with Gasteiger partial charge >= 0.3 is 5.97 Å². The highest BCUT2D eigenvalue weighted by molar-refractivity contribution is 8.00. The van der Waals surface area contributed by atoms with Crippen molar-refractivity contribution in [3.05, 3.63) is 30.1 Å². The third kappa shape index (κ3) is 5.21. The highest BCUT2D eigenvalue weighted by Gasteiger charge is 2.25. The van der Waals surface area contributed by atoms with Gasteiger partial charge in [0, 0.05) is 4.90 Å². The molecule has 1 rings (SSSR count). The lowest BCUT2D eigenvalue weighted by atomic mass is 9.99. The van der Waals surface area contributed by atoms with E-state index < -0.39 is 12.0 Å². The Morgan fingerprint density at radius 3 is 2.45 bits per heavy atom. The number of hydrogen-bond acceptors (Lipinski definition) is 3. The molecule has 1 amide bonds. The van der Waals surface area contributed by atoms with E-state index in [2.05, 4.69) is 5.32 Å². The normalized spacial score (nSPS) is 13.6. The second kappa shape index (κ2) is 7.89. The molecular weight excluding hydrogens is 281 g/mol. The topological polar surface area (TPSA) is 66.4 Å². The van der Waals surface area contributed by atoms with E-state index in [9.17, 15) is 14.0 Å². The molecular formula is C14H18FNO3S. The first-order valence-electron chi connectivity index (χ1n) is 6.34. The van der Waals surface area contributed by atoms with Crippen LogP contribution in [0.25, 0.3) is 0 Å². The molecule has 0 saturated heterocycles. The number of carbonyl (C=O) groups is 2. The minimum absolute atomic E-state index is 0.103. The first-order chi connectivity index (χ1) is 9.43. The first-order valence-corrected chi connectivity index (χ1v) is 7.33. The highest BCUT2D eigenvalue weighted by Crippen LogP contribution is 2.18. The van der Waals surface area contributed by atoms with Crippen molar-refractivity contribution < 1.29 is 19.1 Å². The average Bonchev–Trinajstić information content (AvgIpc) is 2.43. The van der Waals surface area contributed by atoms with E-state index in [1.807, 2.05) is 6.92 Å². The van der Waals surface area contributed by atoms with Crippen LogP contribution in [0.15, 0.2) is 29.2 Å². The molecule has 1 aromatic rings. The summed E-state index contributed by atoms with van der Waals surface area (Å²) >= 11 is 1.24. The Morgan fingerprint density at radius 1 is 1.35 bits per heavy atom. The van der Waals surface area contributed by atoms with Crippen molar-refractivity contribution >= 4 is 23.6 Å². The molecule has 0 fully saturated rings. The standard InChI is InChI=1S/C14H18FNO3S/c1-3-9(2)13(14(18)19)16-12(17)8-20-11-6-4-10(15)5-7-11/h4-7,9,13H,3,8H2,1-2H3,(H,16,17)(H,18,19)/t9-,13-/m0/s1. The van der Waals surface area contributed by atoms with Crippen LogP contribution in [0, 0.1) is 11.7 Å². The van der Waals surface area contributed by atoms with Gasteiger partial charge in [0.1, 0.15) is 11.9 Å². The molecule has 0 saturated carbocycles. The minimum Gasteiger partial charge on any atom is -0.480 e. The Hall–Kier alpha value is -1.56. The van der Waals surface area contributed by atoms with E-state index in [0.29, 0.717) is 6.42 Å². The van der Waals surface area contributed by atoms with Crippen LogP contribution >= 0.6 is 11.8 Å². The molecule has 0 spiro atoms. The zero-order valence-corrected chi connectivity index (χ0v) is 12.2. The Bertz CT molecular complexity index is 464. The van der Waals surface area contributed by atoms with Gasteiger partial charge in [-0.15, -0.1) is 11.8 Å². The first kappa shape index (κ1) is 16.5. The summed E-state index contributed by atoms with van der Waals surface area (Å²) in [6.07, 6.45) is 0.669. The van der Waals surface area contributed by atoms with Gasteiger partial charge in [-0.3, -0.25) is 4.79 Å². The van der Waals surface area contributed by atoms with E-state index in [1.165, 1.54) is 23.9 Å². The van der Waals surface area contributed by atoms with Crippen LogP contribution in [-0.2, 0) is 9.59 Å². The molecule has 0 aliphatic carbocycles. The SMILES string of the molecule is CC[C@H](C)[C@H](NC(=O)CSc1ccc(F)cc1)C(=O)O. The number of nitrogens with one attached hydrogen (secondary N) is 1. The molecule has 6 heteroatoms.